The fourth-order valence-corrected chi connectivity index (χ4v) is 2.79. The van der Waals surface area contributed by atoms with Crippen molar-refractivity contribution in [1.29, 1.82) is 0 Å². The summed E-state index contributed by atoms with van der Waals surface area (Å²) in [7, 11) is -3.75. The number of allylic oxidation sites excluding steroid dienone is 1. The number of primary sulfonamides is 1. The molecule has 0 heterocycles. The molecule has 0 atom stereocenters. The highest BCUT2D eigenvalue weighted by molar-refractivity contribution is 7.89. The van der Waals surface area contributed by atoms with Gasteiger partial charge in [0.15, 0.2) is 0 Å². The Balaban J connectivity index is 2.02. The zero-order chi connectivity index (χ0) is 14.6. The SMILES string of the molecule is NS(=O)(=O)c1cccc(NC(=O)CC2=CCCCC2)c1. The summed E-state index contributed by atoms with van der Waals surface area (Å²) in [6, 6.07) is 5.95. The Kier molecular flexibility index (Phi) is 4.57. The predicted octanol–water partition coefficient (Wildman–Crippen LogP) is 2.16. The first-order valence-electron chi connectivity index (χ1n) is 6.56. The molecule has 0 saturated carbocycles. The Morgan fingerprint density at radius 1 is 1.30 bits per heavy atom. The summed E-state index contributed by atoms with van der Waals surface area (Å²) in [5.41, 5.74) is 1.59. The van der Waals surface area contributed by atoms with Crippen molar-refractivity contribution in [3.05, 3.63) is 35.9 Å². The highest BCUT2D eigenvalue weighted by Gasteiger charge is 2.11. The van der Waals surface area contributed by atoms with Gasteiger partial charge in [-0.15, -0.1) is 0 Å². The lowest BCUT2D eigenvalue weighted by Crippen LogP contribution is -2.15. The first-order chi connectivity index (χ1) is 9.45. The van der Waals surface area contributed by atoms with E-state index in [9.17, 15) is 13.2 Å². The molecule has 1 aliphatic rings. The largest absolute Gasteiger partial charge is 0.326 e. The van der Waals surface area contributed by atoms with Gasteiger partial charge < -0.3 is 5.32 Å². The molecule has 6 heteroatoms. The summed E-state index contributed by atoms with van der Waals surface area (Å²) < 4.78 is 22.5. The second-order valence-electron chi connectivity index (χ2n) is 4.91. The lowest BCUT2D eigenvalue weighted by molar-refractivity contribution is -0.115. The van der Waals surface area contributed by atoms with Crippen LogP contribution in [0, 0.1) is 0 Å². The van der Waals surface area contributed by atoms with Crippen LogP contribution in [0.15, 0.2) is 40.8 Å². The van der Waals surface area contributed by atoms with Crippen molar-refractivity contribution >= 4 is 21.6 Å². The maximum atomic E-state index is 11.9. The molecule has 5 nitrogen and oxygen atoms in total. The summed E-state index contributed by atoms with van der Waals surface area (Å²) in [6.45, 7) is 0. The van der Waals surface area contributed by atoms with Gasteiger partial charge in [0.25, 0.3) is 0 Å². The molecule has 108 valence electrons. The van der Waals surface area contributed by atoms with Crippen molar-refractivity contribution in [1.82, 2.24) is 0 Å². The number of nitrogens with two attached hydrogens (primary N) is 1. The van der Waals surface area contributed by atoms with Crippen LogP contribution in [0.3, 0.4) is 0 Å². The van der Waals surface area contributed by atoms with Crippen LogP contribution in [-0.2, 0) is 14.8 Å². The number of benzene rings is 1. The molecule has 0 aromatic heterocycles. The van der Waals surface area contributed by atoms with Crippen LogP contribution in [0.5, 0.6) is 0 Å². The van der Waals surface area contributed by atoms with Crippen LogP contribution >= 0.6 is 0 Å². The number of anilines is 1. The monoisotopic (exact) mass is 294 g/mol. The average molecular weight is 294 g/mol. The number of rotatable bonds is 4. The number of carbonyl (C=O) groups is 1. The number of sulfonamides is 1. The van der Waals surface area contributed by atoms with E-state index in [1.165, 1.54) is 18.6 Å². The molecule has 1 aromatic carbocycles. The van der Waals surface area contributed by atoms with Gasteiger partial charge in [0.2, 0.25) is 15.9 Å². The van der Waals surface area contributed by atoms with Gasteiger partial charge in [0.05, 0.1) is 4.90 Å². The highest BCUT2D eigenvalue weighted by atomic mass is 32.2. The third kappa shape index (κ3) is 4.18. The van der Waals surface area contributed by atoms with E-state index < -0.39 is 10.0 Å². The lowest BCUT2D eigenvalue weighted by atomic mass is 9.97. The van der Waals surface area contributed by atoms with Crippen molar-refractivity contribution in [2.75, 3.05) is 5.32 Å². The first kappa shape index (κ1) is 14.7. The first-order valence-corrected chi connectivity index (χ1v) is 8.10. The maximum Gasteiger partial charge on any atom is 0.238 e. The van der Waals surface area contributed by atoms with E-state index in [0.29, 0.717) is 12.1 Å². The number of carbonyl (C=O) groups excluding carboxylic acids is 1. The Morgan fingerprint density at radius 3 is 2.75 bits per heavy atom. The van der Waals surface area contributed by atoms with E-state index in [-0.39, 0.29) is 10.8 Å². The van der Waals surface area contributed by atoms with Crippen LogP contribution < -0.4 is 10.5 Å². The van der Waals surface area contributed by atoms with E-state index in [2.05, 4.69) is 11.4 Å². The molecular formula is C14H18N2O3S. The van der Waals surface area contributed by atoms with Crippen LogP contribution in [0.1, 0.15) is 32.1 Å². The minimum Gasteiger partial charge on any atom is -0.326 e. The van der Waals surface area contributed by atoms with Gasteiger partial charge >= 0.3 is 0 Å². The number of nitrogens with one attached hydrogen (secondary N) is 1. The van der Waals surface area contributed by atoms with Crippen molar-refractivity contribution < 1.29 is 13.2 Å². The molecule has 0 bridgehead atoms. The minimum atomic E-state index is -3.75. The number of hydrogen-bond donors (Lipinski definition) is 2. The van der Waals surface area contributed by atoms with E-state index >= 15 is 0 Å². The fraction of sp³-hybridized carbons (Fsp3) is 0.357. The summed E-state index contributed by atoms with van der Waals surface area (Å²) >= 11 is 0. The van der Waals surface area contributed by atoms with Gasteiger partial charge in [-0.05, 0) is 43.9 Å². The smallest absolute Gasteiger partial charge is 0.238 e. The van der Waals surface area contributed by atoms with Gasteiger partial charge in [-0.3, -0.25) is 4.79 Å². The topological polar surface area (TPSA) is 89.3 Å². The lowest BCUT2D eigenvalue weighted by Gasteiger charge is -2.12. The van der Waals surface area contributed by atoms with Crippen LogP contribution in [0.25, 0.3) is 0 Å². The van der Waals surface area contributed by atoms with Crippen LogP contribution in [0.4, 0.5) is 5.69 Å². The molecule has 1 aromatic rings. The number of hydrogen-bond acceptors (Lipinski definition) is 3. The normalized spacial score (nSPS) is 15.6. The molecular weight excluding hydrogens is 276 g/mol. The zero-order valence-corrected chi connectivity index (χ0v) is 11.9. The zero-order valence-electron chi connectivity index (χ0n) is 11.1. The van der Waals surface area contributed by atoms with E-state index in [0.717, 1.165) is 24.8 Å². The molecule has 0 aliphatic heterocycles. The molecule has 1 aliphatic carbocycles. The van der Waals surface area contributed by atoms with Crippen molar-refractivity contribution in [2.45, 2.75) is 37.0 Å². The van der Waals surface area contributed by atoms with Crippen LogP contribution in [-0.4, -0.2) is 14.3 Å². The Morgan fingerprint density at radius 2 is 2.10 bits per heavy atom. The summed E-state index contributed by atoms with van der Waals surface area (Å²) in [6.07, 6.45) is 6.78. The molecule has 1 amide bonds. The molecule has 20 heavy (non-hydrogen) atoms. The second kappa shape index (κ2) is 6.19. The van der Waals surface area contributed by atoms with Gasteiger partial charge in [0.1, 0.15) is 0 Å². The molecule has 0 spiro atoms. The van der Waals surface area contributed by atoms with E-state index in [1.807, 2.05) is 0 Å². The summed E-state index contributed by atoms with van der Waals surface area (Å²) in [5.74, 6) is -0.135. The van der Waals surface area contributed by atoms with Crippen molar-refractivity contribution in [3.63, 3.8) is 0 Å². The van der Waals surface area contributed by atoms with Gasteiger partial charge in [-0.25, -0.2) is 13.6 Å². The van der Waals surface area contributed by atoms with Gasteiger partial charge in [0, 0.05) is 12.1 Å². The van der Waals surface area contributed by atoms with E-state index in [4.69, 9.17) is 5.14 Å². The number of amides is 1. The quantitative estimate of drug-likeness (QED) is 0.834. The molecule has 0 unspecified atom stereocenters. The predicted molar refractivity (Wildman–Crippen MR) is 77.6 cm³/mol. The standard InChI is InChI=1S/C14H18N2O3S/c15-20(18,19)13-8-4-7-12(10-13)16-14(17)9-11-5-2-1-3-6-11/h4-5,7-8,10H,1-3,6,9H2,(H,16,17)(H2,15,18,19). The summed E-state index contributed by atoms with van der Waals surface area (Å²) in [5, 5.41) is 7.76. The van der Waals surface area contributed by atoms with Crippen molar-refractivity contribution in [3.8, 4) is 0 Å². The van der Waals surface area contributed by atoms with Gasteiger partial charge in [-0.1, -0.05) is 17.7 Å². The molecule has 0 radical (unpaired) electrons. The fourth-order valence-electron chi connectivity index (χ4n) is 2.23. The average Bonchev–Trinajstić information content (AvgIpc) is 2.39. The van der Waals surface area contributed by atoms with Crippen LogP contribution in [0.2, 0.25) is 0 Å². The maximum absolute atomic E-state index is 11.9. The Bertz CT molecular complexity index is 636. The minimum absolute atomic E-state index is 0.00724. The molecule has 3 N–H and O–H groups in total. The van der Waals surface area contributed by atoms with Crippen molar-refractivity contribution in [2.24, 2.45) is 5.14 Å². The molecule has 0 saturated heterocycles. The molecule has 0 fully saturated rings. The summed E-state index contributed by atoms with van der Waals surface area (Å²) in [4.78, 5) is 11.9. The third-order valence-corrected chi connectivity index (χ3v) is 4.13. The Labute approximate surface area is 118 Å². The third-order valence-electron chi connectivity index (χ3n) is 3.22. The molecule has 2 rings (SSSR count). The highest BCUT2D eigenvalue weighted by Crippen LogP contribution is 2.21. The van der Waals surface area contributed by atoms with Gasteiger partial charge in [-0.2, -0.15) is 0 Å². The second-order valence-corrected chi connectivity index (χ2v) is 6.47. The van der Waals surface area contributed by atoms with E-state index in [1.54, 1.807) is 12.1 Å². The Hall–Kier alpha value is -1.66.